The molecule has 0 aromatic heterocycles. The smallest absolute Gasteiger partial charge is 0.0149 e. The molecular formula is H7BCuNbSi. The van der Waals surface area contributed by atoms with Crippen molar-refractivity contribution in [3.05, 3.63) is 0 Å². The monoisotopic (exact) mass is 202 g/mol. The molecule has 0 N–H and O–H groups in total. The molecule has 0 atom stereocenters. The second-order valence-electron chi connectivity index (χ2n) is 0. The molecule has 0 amide bonds. The van der Waals surface area contributed by atoms with Crippen molar-refractivity contribution in [2.24, 2.45) is 0 Å². The van der Waals surface area contributed by atoms with Gasteiger partial charge in [-0.2, -0.15) is 0 Å². The van der Waals surface area contributed by atoms with Crippen LogP contribution in [0.25, 0.3) is 0 Å². The largest absolute Gasteiger partial charge is 0.0814 e. The minimum Gasteiger partial charge on any atom is -0.0149 e. The average Bonchev–Trinajstić information content (AvgIpc) is 0. The first-order valence-electron chi connectivity index (χ1n) is 0. The van der Waals surface area contributed by atoms with Crippen molar-refractivity contribution in [1.29, 1.82) is 0 Å². The van der Waals surface area contributed by atoms with E-state index in [4.69, 9.17) is 0 Å². The molecule has 30 valence electrons. The molecule has 0 aliphatic rings. The van der Waals surface area contributed by atoms with Crippen LogP contribution in [0.3, 0.4) is 0 Å². The van der Waals surface area contributed by atoms with Gasteiger partial charge in [0.2, 0.25) is 0 Å². The van der Waals surface area contributed by atoms with Crippen LogP contribution in [0, 0.1) is 0 Å². The zero-order valence-electron chi connectivity index (χ0n) is 0.749. The summed E-state index contributed by atoms with van der Waals surface area (Å²) in [6.07, 6.45) is 0. The Bertz CT molecular complexity index is 8.00. The molecule has 0 aliphatic heterocycles. The van der Waals surface area contributed by atoms with Crippen LogP contribution >= 0.6 is 0 Å². The van der Waals surface area contributed by atoms with Crippen molar-refractivity contribution in [3.63, 3.8) is 0 Å². The Labute approximate surface area is 58.7 Å². The molecule has 0 nitrogen and oxygen atoms in total. The van der Waals surface area contributed by atoms with Gasteiger partial charge in [0.25, 0.3) is 0 Å². The zero-order valence-corrected chi connectivity index (χ0v) is 3.89. The second kappa shape index (κ2) is 24.0. The molecule has 0 unspecified atom stereocenters. The van der Waals surface area contributed by atoms with Crippen LogP contribution in [-0.2, 0) is 39.4 Å². The van der Waals surface area contributed by atoms with Crippen LogP contribution < -0.4 is 0 Å². The molecule has 2 radical (unpaired) electrons. The molecule has 0 bridgehead atoms. The van der Waals surface area contributed by atoms with E-state index in [9.17, 15) is 0 Å². The third-order valence-corrected chi connectivity index (χ3v) is 0. The molecule has 0 spiro atoms. The summed E-state index contributed by atoms with van der Waals surface area (Å²) in [5, 5.41) is 0. The molecule has 0 aliphatic carbocycles. The third-order valence-electron chi connectivity index (χ3n) is 0. The van der Waals surface area contributed by atoms with Crippen LogP contribution in [0.1, 0.15) is 0 Å². The number of hydrogen-bond donors (Lipinski definition) is 0. The minimum atomic E-state index is 0. The molecule has 0 rings (SSSR count). The Balaban J connectivity index is 0. The van der Waals surface area contributed by atoms with E-state index in [0.717, 1.165) is 0 Å². The molecular weight excluding hydrogens is 195 g/mol. The van der Waals surface area contributed by atoms with Crippen LogP contribution in [0.15, 0.2) is 0 Å². The predicted octanol–water partition coefficient (Wildman–Crippen LogP) is -2.64. The number of rotatable bonds is 0. The summed E-state index contributed by atoms with van der Waals surface area (Å²) in [5.74, 6) is 0. The van der Waals surface area contributed by atoms with E-state index >= 15 is 0 Å². The van der Waals surface area contributed by atoms with E-state index in [2.05, 4.69) is 0 Å². The van der Waals surface area contributed by atoms with Crippen LogP contribution in [-0.4, -0.2) is 19.4 Å². The normalized spacial score (nSPS) is 0. The second-order valence-corrected chi connectivity index (χ2v) is 0. The fourth-order valence-corrected chi connectivity index (χ4v) is 0. The molecule has 0 aromatic rings. The zero-order chi connectivity index (χ0) is 0. The summed E-state index contributed by atoms with van der Waals surface area (Å²) in [6.45, 7) is 0. The Morgan fingerprint density at radius 3 is 1.00 bits per heavy atom. The van der Waals surface area contributed by atoms with Crippen molar-refractivity contribution < 1.29 is 39.4 Å². The summed E-state index contributed by atoms with van der Waals surface area (Å²) in [6, 6.07) is 0. The maximum absolute atomic E-state index is 0. The third kappa shape index (κ3) is 9.63. The molecule has 0 saturated heterocycles. The molecule has 4 heavy (non-hydrogen) atoms. The molecule has 0 heterocycles. The van der Waals surface area contributed by atoms with Crippen molar-refractivity contribution in [2.75, 3.05) is 0 Å². The average molecular weight is 202 g/mol. The van der Waals surface area contributed by atoms with E-state index in [1.807, 2.05) is 0 Å². The maximum atomic E-state index is 0. The fourth-order valence-electron chi connectivity index (χ4n) is 0. The van der Waals surface area contributed by atoms with Gasteiger partial charge < -0.3 is 0 Å². The summed E-state index contributed by atoms with van der Waals surface area (Å²) in [7, 11) is 0. The van der Waals surface area contributed by atoms with Crippen molar-refractivity contribution in [2.45, 2.75) is 0 Å². The maximum Gasteiger partial charge on any atom is 0.0814 e. The van der Waals surface area contributed by atoms with E-state index in [-0.39, 0.29) is 58.8 Å². The van der Waals surface area contributed by atoms with Gasteiger partial charge in [0.15, 0.2) is 0 Å². The van der Waals surface area contributed by atoms with E-state index in [1.54, 1.807) is 0 Å². The first kappa shape index (κ1) is 48.1. The first-order valence-corrected chi connectivity index (χ1v) is 0. The van der Waals surface area contributed by atoms with Crippen molar-refractivity contribution >= 4 is 19.4 Å². The van der Waals surface area contributed by atoms with Gasteiger partial charge in [0, 0.05) is 39.4 Å². The Hall–Kier alpha value is 1.54. The first-order chi connectivity index (χ1) is 0. The molecule has 4 heteroatoms. The summed E-state index contributed by atoms with van der Waals surface area (Å²) >= 11 is 0. The van der Waals surface area contributed by atoms with E-state index < -0.39 is 0 Å². The number of hydrogen-bond acceptors (Lipinski definition) is 0. The van der Waals surface area contributed by atoms with Gasteiger partial charge in [-0.05, 0) is 11.0 Å². The molecule has 0 saturated carbocycles. The summed E-state index contributed by atoms with van der Waals surface area (Å²) < 4.78 is 0. The van der Waals surface area contributed by atoms with Crippen molar-refractivity contribution in [3.8, 4) is 0 Å². The Morgan fingerprint density at radius 2 is 1.00 bits per heavy atom. The summed E-state index contributed by atoms with van der Waals surface area (Å²) in [5.41, 5.74) is 0. The SMILES string of the molecule is B.[Cu].[Nb].[SiH4]. The van der Waals surface area contributed by atoms with Gasteiger partial charge >= 0.3 is 0 Å². The van der Waals surface area contributed by atoms with Crippen molar-refractivity contribution in [1.82, 2.24) is 0 Å². The molecule has 0 fully saturated rings. The Morgan fingerprint density at radius 1 is 1.00 bits per heavy atom. The topological polar surface area (TPSA) is 0 Å². The summed E-state index contributed by atoms with van der Waals surface area (Å²) in [4.78, 5) is 0. The predicted molar refractivity (Wildman–Crippen MR) is 21.3 cm³/mol. The van der Waals surface area contributed by atoms with Gasteiger partial charge in [-0.1, -0.05) is 0 Å². The fraction of sp³-hybridized carbons (Fsp3) is 0. The standard InChI is InChI=1S/BH3.Cu.Nb.H4Si/h1H3;;;1H4. The minimum absolute atomic E-state index is 0. The van der Waals surface area contributed by atoms with E-state index in [1.165, 1.54) is 0 Å². The molecule has 0 aromatic carbocycles. The van der Waals surface area contributed by atoms with Crippen LogP contribution in [0.5, 0.6) is 0 Å². The van der Waals surface area contributed by atoms with Gasteiger partial charge in [0.1, 0.15) is 0 Å². The van der Waals surface area contributed by atoms with Gasteiger partial charge in [-0.3, -0.25) is 0 Å². The van der Waals surface area contributed by atoms with Gasteiger partial charge in [-0.15, -0.1) is 0 Å². The van der Waals surface area contributed by atoms with E-state index in [0.29, 0.717) is 0 Å². The Kier molecular flexibility index (Phi) is 288. The van der Waals surface area contributed by atoms with Crippen LogP contribution in [0.2, 0.25) is 0 Å². The van der Waals surface area contributed by atoms with Gasteiger partial charge in [-0.25, -0.2) is 0 Å². The van der Waals surface area contributed by atoms with Gasteiger partial charge in [0.05, 0.1) is 8.41 Å². The quantitative estimate of drug-likeness (QED) is 0.377. The van der Waals surface area contributed by atoms with Crippen LogP contribution in [0.4, 0.5) is 0 Å².